The minimum absolute atomic E-state index is 0.478. The van der Waals surface area contributed by atoms with Crippen LogP contribution in [0.3, 0.4) is 0 Å². The number of nitrogens with two attached hydrogens (primary N) is 1. The molecule has 0 aliphatic carbocycles. The highest BCUT2D eigenvalue weighted by Gasteiger charge is 2.30. The molecule has 0 amide bonds. The number of pyridine rings is 1. The maximum absolute atomic E-state index is 12.3. The molecule has 0 saturated heterocycles. The molecule has 0 aromatic carbocycles. The average molecular weight is 291 g/mol. The normalized spacial score (nSPS) is 11.7. The molecule has 0 unspecified atom stereocenters. The summed E-state index contributed by atoms with van der Waals surface area (Å²) in [5.74, 6) is 0.534. The van der Waals surface area contributed by atoms with Crippen LogP contribution in [0.5, 0.6) is 0 Å². The molecular formula is C10H8F3N3S2. The number of nitrogens with zero attached hydrogens (tertiary/aromatic N) is 2. The van der Waals surface area contributed by atoms with Gasteiger partial charge in [-0.25, -0.2) is 9.97 Å². The Morgan fingerprint density at radius 2 is 2.11 bits per heavy atom. The summed E-state index contributed by atoms with van der Waals surface area (Å²) in [4.78, 5) is 7.80. The van der Waals surface area contributed by atoms with E-state index in [1.165, 1.54) is 29.2 Å². The highest BCUT2D eigenvalue weighted by molar-refractivity contribution is 7.98. The second-order valence-corrected chi connectivity index (χ2v) is 5.23. The number of hydrogen-bond acceptors (Lipinski definition) is 5. The fraction of sp³-hybridized carbons (Fsp3) is 0.200. The Morgan fingerprint density at radius 1 is 1.33 bits per heavy atom. The van der Waals surface area contributed by atoms with Gasteiger partial charge < -0.3 is 5.73 Å². The lowest BCUT2D eigenvalue weighted by Gasteiger charge is -2.06. The van der Waals surface area contributed by atoms with Crippen molar-refractivity contribution in [1.29, 1.82) is 0 Å². The summed E-state index contributed by atoms with van der Waals surface area (Å²) in [6, 6.07) is 2.37. The van der Waals surface area contributed by atoms with Crippen LogP contribution in [0.15, 0.2) is 28.7 Å². The SMILES string of the molecule is Nc1nc(CSc2ccc(C(F)(F)F)cn2)cs1. The molecule has 3 nitrogen and oxygen atoms in total. The molecule has 0 aliphatic rings. The second-order valence-electron chi connectivity index (χ2n) is 3.35. The van der Waals surface area contributed by atoms with Crippen LogP contribution >= 0.6 is 23.1 Å². The molecule has 96 valence electrons. The number of aromatic nitrogens is 2. The predicted octanol–water partition coefficient (Wildman–Crippen LogP) is 3.43. The Morgan fingerprint density at radius 3 is 2.61 bits per heavy atom. The fourth-order valence-corrected chi connectivity index (χ4v) is 2.57. The van der Waals surface area contributed by atoms with Crippen molar-refractivity contribution in [2.45, 2.75) is 17.0 Å². The maximum atomic E-state index is 12.3. The van der Waals surface area contributed by atoms with Crippen molar-refractivity contribution in [3.63, 3.8) is 0 Å². The zero-order chi connectivity index (χ0) is 13.2. The van der Waals surface area contributed by atoms with Gasteiger partial charge in [-0.15, -0.1) is 23.1 Å². The summed E-state index contributed by atoms with van der Waals surface area (Å²) in [6.07, 6.45) is -3.52. The quantitative estimate of drug-likeness (QED) is 0.880. The molecule has 2 N–H and O–H groups in total. The molecule has 8 heteroatoms. The first-order valence-electron chi connectivity index (χ1n) is 4.81. The highest BCUT2D eigenvalue weighted by Crippen LogP contribution is 2.30. The zero-order valence-corrected chi connectivity index (χ0v) is 10.6. The first-order chi connectivity index (χ1) is 8.45. The van der Waals surface area contributed by atoms with Crippen LogP contribution in [0.2, 0.25) is 0 Å². The van der Waals surface area contributed by atoms with E-state index in [2.05, 4.69) is 9.97 Å². The second kappa shape index (κ2) is 5.15. The zero-order valence-electron chi connectivity index (χ0n) is 8.94. The molecule has 2 heterocycles. The third kappa shape index (κ3) is 3.36. The first-order valence-corrected chi connectivity index (χ1v) is 6.67. The Balaban J connectivity index is 1.98. The van der Waals surface area contributed by atoms with Crippen molar-refractivity contribution in [2.24, 2.45) is 0 Å². The lowest BCUT2D eigenvalue weighted by Crippen LogP contribution is -2.05. The molecule has 18 heavy (non-hydrogen) atoms. The minimum atomic E-state index is -4.35. The minimum Gasteiger partial charge on any atom is -0.375 e. The van der Waals surface area contributed by atoms with E-state index < -0.39 is 11.7 Å². The summed E-state index contributed by atoms with van der Waals surface area (Å²) in [7, 11) is 0. The van der Waals surface area contributed by atoms with Crippen LogP contribution in [0.25, 0.3) is 0 Å². The highest BCUT2D eigenvalue weighted by atomic mass is 32.2. The topological polar surface area (TPSA) is 51.8 Å². The van der Waals surface area contributed by atoms with Crippen molar-refractivity contribution in [2.75, 3.05) is 5.73 Å². The van der Waals surface area contributed by atoms with E-state index in [1.807, 2.05) is 5.38 Å². The summed E-state index contributed by atoms with van der Waals surface area (Å²) >= 11 is 2.65. The summed E-state index contributed by atoms with van der Waals surface area (Å²) < 4.78 is 36.9. The molecule has 0 bridgehead atoms. The van der Waals surface area contributed by atoms with Gasteiger partial charge in [-0.05, 0) is 12.1 Å². The molecule has 0 saturated carbocycles. The molecule has 2 aromatic rings. The summed E-state index contributed by atoms with van der Waals surface area (Å²) in [6.45, 7) is 0. The number of alkyl halides is 3. The number of rotatable bonds is 3. The van der Waals surface area contributed by atoms with Crippen LogP contribution in [0.4, 0.5) is 18.3 Å². The monoisotopic (exact) mass is 291 g/mol. The van der Waals surface area contributed by atoms with Gasteiger partial charge in [0.25, 0.3) is 0 Å². The number of hydrogen-bond donors (Lipinski definition) is 1. The van der Waals surface area contributed by atoms with Gasteiger partial charge in [-0.2, -0.15) is 13.2 Å². The molecular weight excluding hydrogens is 283 g/mol. The van der Waals surface area contributed by atoms with Gasteiger partial charge in [0.05, 0.1) is 16.3 Å². The van der Waals surface area contributed by atoms with E-state index in [-0.39, 0.29) is 0 Å². The largest absolute Gasteiger partial charge is 0.417 e. The van der Waals surface area contributed by atoms with Gasteiger partial charge in [0.15, 0.2) is 5.13 Å². The van der Waals surface area contributed by atoms with Gasteiger partial charge >= 0.3 is 6.18 Å². The number of halogens is 3. The lowest BCUT2D eigenvalue weighted by molar-refractivity contribution is -0.137. The van der Waals surface area contributed by atoms with Crippen LogP contribution in [-0.2, 0) is 11.9 Å². The number of anilines is 1. The van der Waals surface area contributed by atoms with Crippen LogP contribution in [0.1, 0.15) is 11.3 Å². The molecule has 0 aliphatic heterocycles. The number of thioether (sulfide) groups is 1. The van der Waals surface area contributed by atoms with E-state index in [0.29, 0.717) is 15.9 Å². The third-order valence-corrected chi connectivity index (χ3v) is 3.70. The average Bonchev–Trinajstić information content (AvgIpc) is 2.72. The predicted molar refractivity (Wildman–Crippen MR) is 65.3 cm³/mol. The van der Waals surface area contributed by atoms with Crippen molar-refractivity contribution in [1.82, 2.24) is 9.97 Å². The molecule has 2 rings (SSSR count). The van der Waals surface area contributed by atoms with Gasteiger partial charge in [0.1, 0.15) is 0 Å². The number of thiazole rings is 1. The standard InChI is InChI=1S/C10H8F3N3S2/c11-10(12,13)6-1-2-8(15-3-6)17-4-7-5-18-9(14)16-7/h1-3,5H,4H2,(H2,14,16). The van der Waals surface area contributed by atoms with Crippen LogP contribution in [-0.4, -0.2) is 9.97 Å². The van der Waals surface area contributed by atoms with Gasteiger partial charge in [-0.1, -0.05) is 0 Å². The van der Waals surface area contributed by atoms with Crippen LogP contribution in [0, 0.1) is 0 Å². The lowest BCUT2D eigenvalue weighted by atomic mass is 10.3. The summed E-state index contributed by atoms with van der Waals surface area (Å²) in [5.41, 5.74) is 5.52. The van der Waals surface area contributed by atoms with Crippen molar-refractivity contribution >= 4 is 28.2 Å². The van der Waals surface area contributed by atoms with Crippen molar-refractivity contribution < 1.29 is 13.2 Å². The van der Waals surface area contributed by atoms with Gasteiger partial charge in [0.2, 0.25) is 0 Å². The smallest absolute Gasteiger partial charge is 0.375 e. The number of nitrogen functional groups attached to an aromatic ring is 1. The maximum Gasteiger partial charge on any atom is 0.417 e. The van der Waals surface area contributed by atoms with E-state index in [4.69, 9.17) is 5.73 Å². The van der Waals surface area contributed by atoms with Crippen molar-refractivity contribution in [3.05, 3.63) is 35.0 Å². The molecule has 0 atom stereocenters. The van der Waals surface area contributed by atoms with E-state index in [1.54, 1.807) is 0 Å². The Hall–Kier alpha value is -1.28. The Kier molecular flexibility index (Phi) is 3.76. The molecule has 2 aromatic heterocycles. The fourth-order valence-electron chi connectivity index (χ4n) is 1.17. The van der Waals surface area contributed by atoms with Gasteiger partial charge in [-0.3, -0.25) is 0 Å². The first kappa shape index (κ1) is 13.2. The van der Waals surface area contributed by atoms with Crippen molar-refractivity contribution in [3.8, 4) is 0 Å². The summed E-state index contributed by atoms with van der Waals surface area (Å²) in [5, 5.41) is 2.81. The molecule has 0 spiro atoms. The molecule has 0 fully saturated rings. The third-order valence-electron chi connectivity index (χ3n) is 2.00. The van der Waals surface area contributed by atoms with E-state index in [0.717, 1.165) is 18.0 Å². The Labute approximate surface area is 109 Å². The van der Waals surface area contributed by atoms with E-state index in [9.17, 15) is 13.2 Å². The van der Waals surface area contributed by atoms with Crippen LogP contribution < -0.4 is 5.73 Å². The van der Waals surface area contributed by atoms with Gasteiger partial charge in [0, 0.05) is 17.3 Å². The molecule has 0 radical (unpaired) electrons. The Bertz CT molecular complexity index is 522. The van der Waals surface area contributed by atoms with E-state index >= 15 is 0 Å².